The van der Waals surface area contributed by atoms with Crippen LogP contribution >= 0.6 is 0 Å². The molecule has 2 N–H and O–H groups in total. The molecule has 2 saturated heterocycles. The van der Waals surface area contributed by atoms with Crippen LogP contribution < -0.4 is 5.73 Å². The summed E-state index contributed by atoms with van der Waals surface area (Å²) in [7, 11) is -3.53. The van der Waals surface area contributed by atoms with Crippen LogP contribution in [0.4, 0.5) is 0 Å². The number of hydrogen-bond donors (Lipinski definition) is 1. The maximum atomic E-state index is 12.8. The molecule has 0 bridgehead atoms. The molecule has 2 heterocycles. The molecule has 2 fully saturated rings. The van der Waals surface area contributed by atoms with Crippen molar-refractivity contribution in [1.29, 1.82) is 0 Å². The Kier molecular flexibility index (Phi) is 5.67. The van der Waals surface area contributed by atoms with Crippen molar-refractivity contribution in [2.24, 2.45) is 5.73 Å². The zero-order valence-corrected chi connectivity index (χ0v) is 16.2. The summed E-state index contributed by atoms with van der Waals surface area (Å²) in [4.78, 5) is 14.6. The molecule has 8 heteroatoms. The highest BCUT2D eigenvalue weighted by molar-refractivity contribution is 7.89. The number of carbonyl (C=O) groups is 1. The first kappa shape index (κ1) is 19.3. The molecule has 0 saturated carbocycles. The Balaban J connectivity index is 1.62. The Labute approximate surface area is 155 Å². The summed E-state index contributed by atoms with van der Waals surface area (Å²) in [5.41, 5.74) is 7.61. The Bertz CT molecular complexity index is 773. The molecule has 26 heavy (non-hydrogen) atoms. The number of benzene rings is 1. The van der Waals surface area contributed by atoms with Crippen molar-refractivity contribution in [3.63, 3.8) is 0 Å². The monoisotopic (exact) mass is 381 g/mol. The van der Waals surface area contributed by atoms with Crippen molar-refractivity contribution < 1.29 is 17.9 Å². The van der Waals surface area contributed by atoms with E-state index in [1.165, 1.54) is 4.31 Å². The summed E-state index contributed by atoms with van der Waals surface area (Å²) in [6.45, 7) is 5.65. The molecule has 1 aromatic rings. The van der Waals surface area contributed by atoms with E-state index in [1.54, 1.807) is 17.0 Å². The van der Waals surface area contributed by atoms with Gasteiger partial charge in [-0.3, -0.25) is 4.79 Å². The van der Waals surface area contributed by atoms with Crippen molar-refractivity contribution in [2.75, 3.05) is 32.7 Å². The van der Waals surface area contributed by atoms with E-state index in [1.807, 2.05) is 19.9 Å². The zero-order chi connectivity index (χ0) is 18.9. The van der Waals surface area contributed by atoms with Crippen LogP contribution in [0.25, 0.3) is 0 Å². The fourth-order valence-electron chi connectivity index (χ4n) is 3.44. The van der Waals surface area contributed by atoms with Crippen molar-refractivity contribution in [1.82, 2.24) is 9.21 Å². The molecule has 1 amide bonds. The Morgan fingerprint density at radius 1 is 1.15 bits per heavy atom. The van der Waals surface area contributed by atoms with Gasteiger partial charge in [0.15, 0.2) is 0 Å². The highest BCUT2D eigenvalue weighted by Crippen LogP contribution is 2.23. The summed E-state index contributed by atoms with van der Waals surface area (Å²) in [6.07, 6.45) is 0.998. The number of aryl methyl sites for hydroxylation is 2. The number of nitrogens with two attached hydrogens (primary N) is 1. The lowest BCUT2D eigenvalue weighted by atomic mass is 10.1. The molecule has 0 unspecified atom stereocenters. The van der Waals surface area contributed by atoms with Crippen LogP contribution in [-0.2, 0) is 19.6 Å². The highest BCUT2D eigenvalue weighted by atomic mass is 32.2. The van der Waals surface area contributed by atoms with Gasteiger partial charge in [0.05, 0.1) is 11.0 Å². The molecule has 3 rings (SSSR count). The molecule has 2 aliphatic heterocycles. The van der Waals surface area contributed by atoms with Crippen molar-refractivity contribution in [2.45, 2.75) is 43.8 Å². The van der Waals surface area contributed by atoms with Gasteiger partial charge in [-0.2, -0.15) is 4.31 Å². The fourth-order valence-corrected chi connectivity index (χ4v) is 4.94. The molecule has 144 valence electrons. The lowest BCUT2D eigenvalue weighted by Gasteiger charge is -2.35. The van der Waals surface area contributed by atoms with Crippen LogP contribution in [0.5, 0.6) is 0 Å². The number of carbonyl (C=O) groups excluding carboxylic acids is 1. The van der Waals surface area contributed by atoms with Crippen LogP contribution in [-0.4, -0.2) is 68.5 Å². The Morgan fingerprint density at radius 3 is 2.42 bits per heavy atom. The van der Waals surface area contributed by atoms with E-state index in [-0.39, 0.29) is 12.0 Å². The second-order valence-corrected chi connectivity index (χ2v) is 8.97. The van der Waals surface area contributed by atoms with Gasteiger partial charge in [-0.1, -0.05) is 6.07 Å². The molecule has 0 spiro atoms. The predicted octanol–water partition coefficient (Wildman–Crippen LogP) is 0.643. The number of sulfonamides is 1. The molecule has 7 nitrogen and oxygen atoms in total. The molecular weight excluding hydrogens is 354 g/mol. The lowest BCUT2D eigenvalue weighted by molar-refractivity contribution is -0.143. The second kappa shape index (κ2) is 7.64. The largest absolute Gasteiger partial charge is 0.364 e. The van der Waals surface area contributed by atoms with Gasteiger partial charge in [0.1, 0.15) is 6.10 Å². The summed E-state index contributed by atoms with van der Waals surface area (Å²) >= 11 is 0. The van der Waals surface area contributed by atoms with Gasteiger partial charge in [-0.25, -0.2) is 8.42 Å². The number of ether oxygens (including phenoxy) is 1. The minimum atomic E-state index is -3.53. The maximum Gasteiger partial charge on any atom is 0.251 e. The third-order valence-corrected chi connectivity index (χ3v) is 7.21. The Morgan fingerprint density at radius 2 is 1.85 bits per heavy atom. The van der Waals surface area contributed by atoms with Crippen LogP contribution in [0, 0.1) is 13.8 Å². The van der Waals surface area contributed by atoms with Gasteiger partial charge >= 0.3 is 0 Å². The van der Waals surface area contributed by atoms with Crippen LogP contribution in [0.15, 0.2) is 23.1 Å². The van der Waals surface area contributed by atoms with Gasteiger partial charge in [0.25, 0.3) is 5.91 Å². The Hall–Kier alpha value is -1.48. The normalized spacial score (nSPS) is 24.8. The minimum Gasteiger partial charge on any atom is -0.364 e. The molecule has 2 atom stereocenters. The zero-order valence-electron chi connectivity index (χ0n) is 15.3. The van der Waals surface area contributed by atoms with Gasteiger partial charge in [-0.05, 0) is 49.9 Å². The summed E-state index contributed by atoms with van der Waals surface area (Å²) in [5, 5.41) is 0. The number of piperazine rings is 1. The van der Waals surface area contributed by atoms with Crippen molar-refractivity contribution >= 4 is 15.9 Å². The van der Waals surface area contributed by atoms with E-state index in [0.717, 1.165) is 17.5 Å². The number of hydrogen-bond acceptors (Lipinski definition) is 5. The first-order chi connectivity index (χ1) is 12.3. The average Bonchev–Trinajstić information content (AvgIpc) is 3.12. The molecule has 0 aliphatic carbocycles. The van der Waals surface area contributed by atoms with Crippen LogP contribution in [0.1, 0.15) is 24.0 Å². The van der Waals surface area contributed by atoms with E-state index in [4.69, 9.17) is 10.5 Å². The lowest BCUT2D eigenvalue weighted by Crippen LogP contribution is -2.52. The van der Waals surface area contributed by atoms with Crippen LogP contribution in [0.3, 0.4) is 0 Å². The van der Waals surface area contributed by atoms with Gasteiger partial charge in [0, 0.05) is 32.7 Å². The third kappa shape index (κ3) is 3.78. The minimum absolute atomic E-state index is 0.0459. The van der Waals surface area contributed by atoms with Crippen molar-refractivity contribution in [3.8, 4) is 0 Å². The predicted molar refractivity (Wildman–Crippen MR) is 98.2 cm³/mol. The van der Waals surface area contributed by atoms with Gasteiger partial charge in [0.2, 0.25) is 10.0 Å². The smallest absolute Gasteiger partial charge is 0.251 e. The molecule has 2 aliphatic rings. The average molecular weight is 381 g/mol. The van der Waals surface area contributed by atoms with E-state index in [2.05, 4.69) is 0 Å². The van der Waals surface area contributed by atoms with Gasteiger partial charge < -0.3 is 15.4 Å². The molecule has 0 radical (unpaired) electrons. The summed E-state index contributed by atoms with van der Waals surface area (Å²) in [6, 6.07) is 5.18. The van der Waals surface area contributed by atoms with E-state index in [9.17, 15) is 13.2 Å². The van der Waals surface area contributed by atoms with E-state index < -0.39 is 16.1 Å². The molecular formula is C18H27N3O4S. The first-order valence-corrected chi connectivity index (χ1v) is 10.5. The van der Waals surface area contributed by atoms with E-state index >= 15 is 0 Å². The van der Waals surface area contributed by atoms with Crippen LogP contribution in [0.2, 0.25) is 0 Å². The number of nitrogens with zero attached hydrogens (tertiary/aromatic N) is 2. The van der Waals surface area contributed by atoms with Gasteiger partial charge in [-0.15, -0.1) is 0 Å². The molecule has 0 aromatic heterocycles. The second-order valence-electron chi connectivity index (χ2n) is 7.04. The van der Waals surface area contributed by atoms with Crippen molar-refractivity contribution in [3.05, 3.63) is 29.3 Å². The topological polar surface area (TPSA) is 92.9 Å². The standard InChI is InChI=1S/C18H27N3O4S/c1-13-3-5-16(11-14(13)2)26(23,24)21-9-7-20(8-10-21)18(22)17-6-4-15(12-19)25-17/h3,5,11,15,17H,4,6-10,12,19H2,1-2H3/t15-,17+/m1/s1. The summed E-state index contributed by atoms with van der Waals surface area (Å²) < 4.78 is 32.8. The first-order valence-electron chi connectivity index (χ1n) is 9.04. The maximum absolute atomic E-state index is 12.8. The number of rotatable bonds is 4. The SMILES string of the molecule is Cc1ccc(S(=O)(=O)N2CCN(C(=O)[C@@H]3CC[C@H](CN)O3)CC2)cc1C. The highest BCUT2D eigenvalue weighted by Gasteiger charge is 2.36. The number of amides is 1. The third-order valence-electron chi connectivity index (χ3n) is 5.31. The fraction of sp³-hybridized carbons (Fsp3) is 0.611. The summed E-state index contributed by atoms with van der Waals surface area (Å²) in [5.74, 6) is -0.0517. The quantitative estimate of drug-likeness (QED) is 0.826. The molecule has 1 aromatic carbocycles. The van der Waals surface area contributed by atoms with E-state index in [0.29, 0.717) is 44.0 Å².